The summed E-state index contributed by atoms with van der Waals surface area (Å²) in [4.78, 5) is 2.54. The van der Waals surface area contributed by atoms with Gasteiger partial charge in [-0.15, -0.1) is 0 Å². The topological polar surface area (TPSA) is 29.3 Å². The van der Waals surface area contributed by atoms with Crippen molar-refractivity contribution in [1.82, 2.24) is 4.90 Å². The molecule has 3 atom stereocenters. The largest absolute Gasteiger partial charge is 0.330 e. The highest BCUT2D eigenvalue weighted by Gasteiger charge is 2.30. The second kappa shape index (κ2) is 6.49. The molecule has 2 nitrogen and oxygen atoms in total. The van der Waals surface area contributed by atoms with E-state index in [9.17, 15) is 0 Å². The molecule has 1 saturated carbocycles. The molecule has 90 valence electrons. The van der Waals surface area contributed by atoms with Crippen molar-refractivity contribution in [3.8, 4) is 0 Å². The summed E-state index contributed by atoms with van der Waals surface area (Å²) < 4.78 is 0. The van der Waals surface area contributed by atoms with E-state index in [0.29, 0.717) is 0 Å². The Hall–Kier alpha value is -0.0800. The fraction of sp³-hybridized carbons (Fsp3) is 1.00. The summed E-state index contributed by atoms with van der Waals surface area (Å²) in [5, 5.41) is 0. The third kappa shape index (κ3) is 3.46. The summed E-state index contributed by atoms with van der Waals surface area (Å²) in [7, 11) is 2.27. The summed E-state index contributed by atoms with van der Waals surface area (Å²) in [6.07, 6.45) is 6.70. The Morgan fingerprint density at radius 3 is 2.53 bits per heavy atom. The second-order valence-corrected chi connectivity index (χ2v) is 5.13. The number of hydrogen-bond acceptors (Lipinski definition) is 2. The minimum absolute atomic E-state index is 0.740. The van der Waals surface area contributed by atoms with E-state index in [4.69, 9.17) is 5.73 Å². The lowest BCUT2D eigenvalue weighted by molar-refractivity contribution is 0.102. The van der Waals surface area contributed by atoms with Crippen molar-refractivity contribution in [3.05, 3.63) is 0 Å². The van der Waals surface area contributed by atoms with Gasteiger partial charge < -0.3 is 10.6 Å². The molecule has 3 unspecified atom stereocenters. The van der Waals surface area contributed by atoms with E-state index in [0.717, 1.165) is 24.4 Å². The molecule has 0 saturated heterocycles. The van der Waals surface area contributed by atoms with E-state index in [1.165, 1.54) is 38.6 Å². The Labute approximate surface area is 95.2 Å². The molecule has 15 heavy (non-hydrogen) atoms. The van der Waals surface area contributed by atoms with E-state index < -0.39 is 0 Å². The van der Waals surface area contributed by atoms with Gasteiger partial charge in [0.15, 0.2) is 0 Å². The van der Waals surface area contributed by atoms with Gasteiger partial charge in [-0.3, -0.25) is 0 Å². The molecule has 1 fully saturated rings. The van der Waals surface area contributed by atoms with Gasteiger partial charge in [-0.1, -0.05) is 26.7 Å². The average molecular weight is 212 g/mol. The van der Waals surface area contributed by atoms with Gasteiger partial charge in [-0.05, 0) is 51.2 Å². The van der Waals surface area contributed by atoms with Crippen LogP contribution in [-0.4, -0.2) is 31.1 Å². The zero-order valence-electron chi connectivity index (χ0n) is 10.7. The maximum Gasteiger partial charge on any atom is 0.0135 e. The molecule has 0 radical (unpaired) electrons. The Bertz CT molecular complexity index is 170. The third-order valence-corrected chi connectivity index (χ3v) is 4.09. The van der Waals surface area contributed by atoms with Gasteiger partial charge in [0, 0.05) is 6.04 Å². The summed E-state index contributed by atoms with van der Waals surface area (Å²) in [6.45, 7) is 6.67. The molecule has 1 aliphatic rings. The van der Waals surface area contributed by atoms with Crippen molar-refractivity contribution in [2.24, 2.45) is 17.6 Å². The lowest BCUT2D eigenvalue weighted by atomic mass is 9.76. The van der Waals surface area contributed by atoms with E-state index in [-0.39, 0.29) is 0 Å². The van der Waals surface area contributed by atoms with Gasteiger partial charge in [0.05, 0.1) is 0 Å². The number of rotatable bonds is 5. The molecule has 0 amide bonds. The van der Waals surface area contributed by atoms with Crippen LogP contribution in [0.3, 0.4) is 0 Å². The van der Waals surface area contributed by atoms with E-state index >= 15 is 0 Å². The Kier molecular flexibility index (Phi) is 5.62. The van der Waals surface area contributed by atoms with Crippen LogP contribution in [0.25, 0.3) is 0 Å². The van der Waals surface area contributed by atoms with Crippen molar-refractivity contribution < 1.29 is 0 Å². The minimum atomic E-state index is 0.740. The molecular weight excluding hydrogens is 184 g/mol. The fourth-order valence-corrected chi connectivity index (χ4v) is 3.00. The number of hydrogen-bond donors (Lipinski definition) is 1. The first kappa shape index (κ1) is 13.0. The predicted octanol–water partition coefficient (Wildman–Crippen LogP) is 2.48. The first-order chi connectivity index (χ1) is 7.22. The number of nitrogens with zero attached hydrogens (tertiary/aromatic N) is 1. The van der Waals surface area contributed by atoms with Crippen molar-refractivity contribution in [2.45, 2.75) is 52.0 Å². The highest BCUT2D eigenvalue weighted by atomic mass is 15.1. The predicted molar refractivity (Wildman–Crippen MR) is 66.9 cm³/mol. The number of nitrogens with two attached hydrogens (primary N) is 1. The van der Waals surface area contributed by atoms with Gasteiger partial charge in [-0.2, -0.15) is 0 Å². The first-order valence-electron chi connectivity index (χ1n) is 6.63. The maximum atomic E-state index is 5.89. The third-order valence-electron chi connectivity index (χ3n) is 4.09. The van der Waals surface area contributed by atoms with Crippen LogP contribution in [0.5, 0.6) is 0 Å². The van der Waals surface area contributed by atoms with Crippen molar-refractivity contribution in [1.29, 1.82) is 0 Å². The molecule has 0 aliphatic heterocycles. The molecule has 0 spiro atoms. The van der Waals surface area contributed by atoms with E-state index in [2.05, 4.69) is 25.8 Å². The summed E-state index contributed by atoms with van der Waals surface area (Å²) >= 11 is 0. The van der Waals surface area contributed by atoms with Crippen molar-refractivity contribution >= 4 is 0 Å². The van der Waals surface area contributed by atoms with Crippen LogP contribution in [0.15, 0.2) is 0 Å². The van der Waals surface area contributed by atoms with Crippen LogP contribution >= 0.6 is 0 Å². The summed E-state index contributed by atoms with van der Waals surface area (Å²) in [5.74, 6) is 1.68. The molecule has 0 heterocycles. The molecule has 0 aromatic carbocycles. The van der Waals surface area contributed by atoms with Gasteiger partial charge in [0.2, 0.25) is 0 Å². The molecule has 1 rings (SSSR count). The Morgan fingerprint density at radius 2 is 2.00 bits per heavy atom. The standard InChI is InChI=1S/C13H28N2/c1-4-8-15(3)13-9-11(5-2)6-7-12(13)10-14/h11-13H,4-10,14H2,1-3H3. The quantitative estimate of drug-likeness (QED) is 0.758. The van der Waals surface area contributed by atoms with E-state index in [1.54, 1.807) is 0 Å². The SMILES string of the molecule is CCCN(C)C1CC(CC)CCC1CN. The normalized spacial score (nSPS) is 32.2. The highest BCUT2D eigenvalue weighted by molar-refractivity contribution is 4.85. The highest BCUT2D eigenvalue weighted by Crippen LogP contribution is 2.33. The minimum Gasteiger partial charge on any atom is -0.330 e. The monoisotopic (exact) mass is 212 g/mol. The molecular formula is C13H28N2. The molecule has 2 N–H and O–H groups in total. The van der Waals surface area contributed by atoms with Gasteiger partial charge in [0.1, 0.15) is 0 Å². The zero-order chi connectivity index (χ0) is 11.3. The Balaban J connectivity index is 2.54. The van der Waals surface area contributed by atoms with Gasteiger partial charge in [-0.25, -0.2) is 0 Å². The second-order valence-electron chi connectivity index (χ2n) is 5.13. The summed E-state index contributed by atoms with van der Waals surface area (Å²) in [6, 6.07) is 0.744. The van der Waals surface area contributed by atoms with Crippen LogP contribution in [0.1, 0.15) is 46.0 Å². The molecule has 2 heteroatoms. The van der Waals surface area contributed by atoms with Crippen LogP contribution < -0.4 is 5.73 Å². The van der Waals surface area contributed by atoms with Crippen molar-refractivity contribution in [2.75, 3.05) is 20.1 Å². The lowest BCUT2D eigenvalue weighted by Crippen LogP contribution is -2.45. The smallest absolute Gasteiger partial charge is 0.0135 e. The summed E-state index contributed by atoms with van der Waals surface area (Å²) in [5.41, 5.74) is 5.89. The van der Waals surface area contributed by atoms with Crippen LogP contribution in [0, 0.1) is 11.8 Å². The molecule has 0 aromatic rings. The molecule has 0 bridgehead atoms. The van der Waals surface area contributed by atoms with Crippen LogP contribution in [0.2, 0.25) is 0 Å². The van der Waals surface area contributed by atoms with Crippen LogP contribution in [-0.2, 0) is 0 Å². The van der Waals surface area contributed by atoms with Gasteiger partial charge >= 0.3 is 0 Å². The molecule has 1 aliphatic carbocycles. The van der Waals surface area contributed by atoms with Crippen molar-refractivity contribution in [3.63, 3.8) is 0 Å². The average Bonchev–Trinajstić information content (AvgIpc) is 2.28. The first-order valence-corrected chi connectivity index (χ1v) is 6.63. The maximum absolute atomic E-state index is 5.89. The fourth-order valence-electron chi connectivity index (χ4n) is 3.00. The van der Waals surface area contributed by atoms with E-state index in [1.807, 2.05) is 0 Å². The van der Waals surface area contributed by atoms with Crippen LogP contribution in [0.4, 0.5) is 0 Å². The lowest BCUT2D eigenvalue weighted by Gasteiger charge is -2.40. The zero-order valence-corrected chi connectivity index (χ0v) is 10.7. The molecule has 0 aromatic heterocycles. The Morgan fingerprint density at radius 1 is 1.27 bits per heavy atom. The van der Waals surface area contributed by atoms with Gasteiger partial charge in [0.25, 0.3) is 0 Å².